The molecule has 2 rings (SSSR count). The fraction of sp³-hybridized carbons (Fsp3) is 0.778. The van der Waals surface area contributed by atoms with Gasteiger partial charge in [0.15, 0.2) is 5.78 Å². The van der Waals surface area contributed by atoms with Crippen molar-refractivity contribution in [3.05, 3.63) is 0 Å². The van der Waals surface area contributed by atoms with Gasteiger partial charge in [0, 0.05) is 25.3 Å². The van der Waals surface area contributed by atoms with Crippen LogP contribution in [0.1, 0.15) is 13.8 Å². The van der Waals surface area contributed by atoms with Gasteiger partial charge in [0.1, 0.15) is 0 Å². The summed E-state index contributed by atoms with van der Waals surface area (Å²) in [6, 6.07) is -0.240. The summed E-state index contributed by atoms with van der Waals surface area (Å²) in [6.07, 6.45) is 0. The summed E-state index contributed by atoms with van der Waals surface area (Å²) in [7, 11) is 0. The van der Waals surface area contributed by atoms with E-state index >= 15 is 0 Å². The van der Waals surface area contributed by atoms with Crippen molar-refractivity contribution in [1.29, 1.82) is 0 Å². The van der Waals surface area contributed by atoms with Gasteiger partial charge in [0.2, 0.25) is 5.91 Å². The zero-order valence-corrected chi connectivity index (χ0v) is 11.1. The molecule has 1 amide bonds. The number of carbonyl (C=O) groups is 2. The van der Waals surface area contributed by atoms with Crippen LogP contribution in [0, 0.1) is 11.8 Å². The van der Waals surface area contributed by atoms with Crippen molar-refractivity contribution in [3.8, 4) is 0 Å². The first-order valence-corrected chi connectivity index (χ1v) is 6.11. The second-order valence-electron chi connectivity index (χ2n) is 4.03. The van der Waals surface area contributed by atoms with Gasteiger partial charge in [-0.25, -0.2) is 0 Å². The summed E-state index contributed by atoms with van der Waals surface area (Å²) in [5.41, 5.74) is 0. The normalized spacial score (nSPS) is 38.0. The van der Waals surface area contributed by atoms with Gasteiger partial charge < -0.3 is 4.90 Å². The van der Waals surface area contributed by atoms with Gasteiger partial charge in [0.25, 0.3) is 0 Å². The third-order valence-corrected chi connectivity index (χ3v) is 5.39. The maximum atomic E-state index is 11.5. The van der Waals surface area contributed by atoms with Gasteiger partial charge >= 0.3 is 0 Å². The van der Waals surface area contributed by atoms with Crippen LogP contribution in [0.3, 0.4) is 0 Å². The number of piperidine rings is 1. The van der Waals surface area contributed by atoms with E-state index < -0.39 is 0 Å². The summed E-state index contributed by atoms with van der Waals surface area (Å²) in [4.78, 5) is 24.4. The molecule has 1 aliphatic carbocycles. The van der Waals surface area contributed by atoms with Crippen LogP contribution in [0.4, 0.5) is 0 Å². The number of likely N-dealkylation sites (tertiary alicyclic amines) is 1. The zero-order chi connectivity index (χ0) is 10.7. The Morgan fingerprint density at radius 2 is 1.93 bits per heavy atom. The summed E-state index contributed by atoms with van der Waals surface area (Å²) < 4.78 is -0.109. The fourth-order valence-corrected chi connectivity index (χ4v) is 4.13. The molecule has 2 aliphatic rings. The minimum absolute atomic E-state index is 0.00630. The molecule has 0 aromatic carbocycles. The Hall–Kier alpha value is 0.1000. The summed E-state index contributed by atoms with van der Waals surface area (Å²) in [5, 5.41) is 0. The van der Waals surface area contributed by atoms with Gasteiger partial charge in [-0.05, 0) is 6.92 Å². The third kappa shape index (κ3) is 1.28. The predicted octanol–water partition coefficient (Wildman–Crippen LogP) is 1.54. The topological polar surface area (TPSA) is 37.4 Å². The lowest BCUT2D eigenvalue weighted by atomic mass is 10.1. The highest BCUT2D eigenvalue weighted by molar-refractivity contribution is 9.25. The molecule has 2 fully saturated rings. The molecular formula is C9H11Br2NO2. The molecule has 3 nitrogen and oxygen atoms in total. The van der Waals surface area contributed by atoms with E-state index in [-0.39, 0.29) is 26.9 Å². The number of hydrogen-bond acceptors (Lipinski definition) is 2. The molecule has 14 heavy (non-hydrogen) atoms. The predicted molar refractivity (Wildman–Crippen MR) is 59.4 cm³/mol. The quantitative estimate of drug-likeness (QED) is 0.686. The summed E-state index contributed by atoms with van der Waals surface area (Å²) >= 11 is 7.08. The van der Waals surface area contributed by atoms with E-state index in [1.807, 2.05) is 0 Å². The molecule has 1 saturated heterocycles. The molecular weight excluding hydrogens is 314 g/mol. The second kappa shape index (κ2) is 3.04. The highest BCUT2D eigenvalue weighted by atomic mass is 79.9. The largest absolute Gasteiger partial charge is 0.332 e. The van der Waals surface area contributed by atoms with E-state index in [1.54, 1.807) is 11.8 Å². The number of hydrogen-bond donors (Lipinski definition) is 0. The van der Waals surface area contributed by atoms with Crippen molar-refractivity contribution in [1.82, 2.24) is 4.90 Å². The Labute approximate surface area is 99.5 Å². The van der Waals surface area contributed by atoms with Crippen molar-refractivity contribution >= 4 is 43.6 Å². The number of alkyl halides is 2. The maximum absolute atomic E-state index is 11.5. The van der Waals surface area contributed by atoms with Crippen LogP contribution in [0.2, 0.25) is 0 Å². The Kier molecular flexibility index (Phi) is 2.31. The first-order valence-electron chi connectivity index (χ1n) is 4.53. The molecule has 3 atom stereocenters. The van der Waals surface area contributed by atoms with E-state index in [9.17, 15) is 9.59 Å². The average Bonchev–Trinajstić information content (AvgIpc) is 2.47. The molecule has 0 aromatic rings. The highest BCUT2D eigenvalue weighted by Gasteiger charge is 2.71. The zero-order valence-electron chi connectivity index (χ0n) is 7.96. The molecule has 78 valence electrons. The van der Waals surface area contributed by atoms with Gasteiger partial charge in [-0.1, -0.05) is 31.9 Å². The van der Waals surface area contributed by atoms with Crippen molar-refractivity contribution in [2.24, 2.45) is 11.8 Å². The third-order valence-electron chi connectivity index (χ3n) is 3.15. The number of ketones is 1. The number of halogens is 2. The second-order valence-corrected chi connectivity index (χ2v) is 7.72. The number of rotatable bonds is 1. The van der Waals surface area contributed by atoms with Gasteiger partial charge in [-0.2, -0.15) is 0 Å². The van der Waals surface area contributed by atoms with Crippen molar-refractivity contribution < 1.29 is 9.59 Å². The van der Waals surface area contributed by atoms with E-state index in [0.29, 0.717) is 12.5 Å². The summed E-state index contributed by atoms with van der Waals surface area (Å²) in [6.45, 7) is 3.75. The van der Waals surface area contributed by atoms with E-state index in [2.05, 4.69) is 31.9 Å². The van der Waals surface area contributed by atoms with Crippen molar-refractivity contribution in [2.45, 2.75) is 23.1 Å². The molecule has 0 radical (unpaired) electrons. The Balaban J connectivity index is 2.23. The smallest absolute Gasteiger partial charge is 0.220 e. The standard InChI is InChI=1S/C9H11Br2NO2/c1-4(13)8-7-6(9(7,10)11)3-12(8)5(2)14/h6-8H,3H2,1-2H3/t6-,7?,8+/m0/s1. The molecule has 1 saturated carbocycles. The Bertz CT molecular complexity index is 316. The Morgan fingerprint density at radius 3 is 2.36 bits per heavy atom. The maximum Gasteiger partial charge on any atom is 0.220 e. The molecule has 1 aliphatic heterocycles. The number of fused-ring (bicyclic) bond motifs is 1. The highest BCUT2D eigenvalue weighted by Crippen LogP contribution is 2.67. The average molecular weight is 325 g/mol. The van der Waals surface area contributed by atoms with Crippen LogP contribution in [0.5, 0.6) is 0 Å². The number of Topliss-reactive ketones (excluding diaryl/α,β-unsaturated/α-hetero) is 1. The Morgan fingerprint density at radius 1 is 1.36 bits per heavy atom. The summed E-state index contributed by atoms with van der Waals surface area (Å²) in [5.74, 6) is 0.686. The van der Waals surface area contributed by atoms with Crippen LogP contribution in [-0.4, -0.2) is 32.4 Å². The van der Waals surface area contributed by atoms with Gasteiger partial charge in [-0.3, -0.25) is 9.59 Å². The van der Waals surface area contributed by atoms with Gasteiger partial charge in [-0.15, -0.1) is 0 Å². The monoisotopic (exact) mass is 323 g/mol. The molecule has 0 spiro atoms. The minimum atomic E-state index is -0.240. The van der Waals surface area contributed by atoms with Crippen LogP contribution >= 0.6 is 31.9 Å². The molecule has 1 unspecified atom stereocenters. The van der Waals surface area contributed by atoms with E-state index in [1.165, 1.54) is 6.92 Å². The molecule has 1 heterocycles. The van der Waals surface area contributed by atoms with Crippen LogP contribution in [0.25, 0.3) is 0 Å². The first kappa shape index (κ1) is 10.6. The van der Waals surface area contributed by atoms with Crippen molar-refractivity contribution in [3.63, 3.8) is 0 Å². The van der Waals surface area contributed by atoms with Gasteiger partial charge in [0.05, 0.1) is 9.28 Å². The molecule has 0 aromatic heterocycles. The fourth-order valence-electron chi connectivity index (χ4n) is 2.40. The lowest BCUT2D eigenvalue weighted by Crippen LogP contribution is -2.43. The lowest BCUT2D eigenvalue weighted by Gasteiger charge is -2.26. The minimum Gasteiger partial charge on any atom is -0.332 e. The van der Waals surface area contributed by atoms with Crippen LogP contribution in [-0.2, 0) is 9.59 Å². The first-order chi connectivity index (χ1) is 6.37. The van der Waals surface area contributed by atoms with Crippen LogP contribution in [0.15, 0.2) is 0 Å². The molecule has 5 heteroatoms. The lowest BCUT2D eigenvalue weighted by molar-refractivity contribution is -0.136. The van der Waals surface area contributed by atoms with Crippen LogP contribution < -0.4 is 0 Å². The van der Waals surface area contributed by atoms with E-state index in [0.717, 1.165) is 0 Å². The number of nitrogens with zero attached hydrogens (tertiary/aromatic N) is 1. The van der Waals surface area contributed by atoms with Crippen molar-refractivity contribution in [2.75, 3.05) is 6.54 Å². The SMILES string of the molecule is CC(=O)[C@@H]1C2[C@H](CN1C(C)=O)C2(Br)Br. The number of amides is 1. The molecule has 0 N–H and O–H groups in total. The van der Waals surface area contributed by atoms with E-state index in [4.69, 9.17) is 0 Å². The number of carbonyl (C=O) groups excluding carboxylic acids is 2. The molecule has 0 bridgehead atoms.